The molecule has 0 spiro atoms. The van der Waals surface area contributed by atoms with Gasteiger partial charge >= 0.3 is 0 Å². The van der Waals surface area contributed by atoms with E-state index in [0.717, 1.165) is 0 Å². The van der Waals surface area contributed by atoms with Gasteiger partial charge in [-0.25, -0.2) is 13.4 Å². The average Bonchev–Trinajstić information content (AvgIpc) is 2.95. The number of carbonyl (C=O) groups excluding carboxylic acids is 1. The SMILES string of the molecule is CN(c1ccc(NC(=O)c2cccc(Cl)c2)cn1)C1CCS(=O)(=O)C1. The Labute approximate surface area is 151 Å². The third-order valence-corrected chi connectivity index (χ3v) is 6.20. The van der Waals surface area contributed by atoms with Gasteiger partial charge in [0.15, 0.2) is 9.84 Å². The fourth-order valence-corrected chi connectivity index (χ4v) is 4.73. The lowest BCUT2D eigenvalue weighted by Crippen LogP contribution is -2.33. The molecule has 2 aromatic rings. The normalized spacial score (nSPS) is 18.7. The van der Waals surface area contributed by atoms with Crippen molar-refractivity contribution in [2.24, 2.45) is 0 Å². The summed E-state index contributed by atoms with van der Waals surface area (Å²) in [5.41, 5.74) is 1.02. The van der Waals surface area contributed by atoms with E-state index in [2.05, 4.69) is 10.3 Å². The number of nitrogens with one attached hydrogen (secondary N) is 1. The minimum atomic E-state index is -2.94. The number of anilines is 2. The fourth-order valence-electron chi connectivity index (χ4n) is 2.77. The van der Waals surface area contributed by atoms with Crippen LogP contribution >= 0.6 is 11.6 Å². The molecule has 1 unspecified atom stereocenters. The van der Waals surface area contributed by atoms with Gasteiger partial charge in [-0.1, -0.05) is 17.7 Å². The van der Waals surface area contributed by atoms with Gasteiger partial charge in [0.05, 0.1) is 23.4 Å². The summed E-state index contributed by atoms with van der Waals surface area (Å²) in [7, 11) is -1.11. The molecule has 0 saturated carbocycles. The van der Waals surface area contributed by atoms with E-state index in [1.807, 2.05) is 11.9 Å². The van der Waals surface area contributed by atoms with Crippen molar-refractivity contribution in [1.29, 1.82) is 0 Å². The van der Waals surface area contributed by atoms with E-state index in [0.29, 0.717) is 28.5 Å². The maximum Gasteiger partial charge on any atom is 0.255 e. The number of carbonyl (C=O) groups is 1. The molecule has 1 aliphatic heterocycles. The Kier molecular flexibility index (Phi) is 4.96. The first-order valence-corrected chi connectivity index (χ1v) is 10.0. The number of halogens is 1. The summed E-state index contributed by atoms with van der Waals surface area (Å²) < 4.78 is 23.2. The molecule has 2 heterocycles. The summed E-state index contributed by atoms with van der Waals surface area (Å²) in [6.45, 7) is 0. The number of hydrogen-bond donors (Lipinski definition) is 1. The lowest BCUT2D eigenvalue weighted by Gasteiger charge is -2.24. The van der Waals surface area contributed by atoms with Crippen molar-refractivity contribution in [3.8, 4) is 0 Å². The van der Waals surface area contributed by atoms with Crippen molar-refractivity contribution in [2.75, 3.05) is 28.8 Å². The molecule has 1 fully saturated rings. The summed E-state index contributed by atoms with van der Waals surface area (Å²) in [4.78, 5) is 18.4. The van der Waals surface area contributed by atoms with Gasteiger partial charge < -0.3 is 10.2 Å². The van der Waals surface area contributed by atoms with E-state index >= 15 is 0 Å². The molecule has 1 aliphatic rings. The van der Waals surface area contributed by atoms with Crippen LogP contribution in [0, 0.1) is 0 Å². The van der Waals surface area contributed by atoms with E-state index in [9.17, 15) is 13.2 Å². The number of sulfone groups is 1. The van der Waals surface area contributed by atoms with Gasteiger partial charge in [0.25, 0.3) is 5.91 Å². The maximum absolute atomic E-state index is 12.2. The summed E-state index contributed by atoms with van der Waals surface area (Å²) in [5, 5.41) is 3.25. The minimum absolute atomic E-state index is 0.0654. The Morgan fingerprint density at radius 3 is 2.72 bits per heavy atom. The second kappa shape index (κ2) is 7.01. The zero-order chi connectivity index (χ0) is 18.0. The molecule has 1 aromatic carbocycles. The standard InChI is InChI=1S/C17H18ClN3O3S/c1-21(15-7-8-25(23,24)11-15)16-6-5-14(10-19-16)20-17(22)12-3-2-4-13(18)9-12/h2-6,9-10,15H,7-8,11H2,1H3,(H,20,22). The van der Waals surface area contributed by atoms with Gasteiger partial charge in [0.1, 0.15) is 5.82 Å². The quantitative estimate of drug-likeness (QED) is 0.883. The van der Waals surface area contributed by atoms with Crippen LogP contribution in [0.5, 0.6) is 0 Å². The highest BCUT2D eigenvalue weighted by atomic mass is 35.5. The first kappa shape index (κ1) is 17.7. The van der Waals surface area contributed by atoms with E-state index < -0.39 is 9.84 Å². The Bertz CT molecular complexity index is 884. The van der Waals surface area contributed by atoms with Crippen LogP contribution in [0.4, 0.5) is 11.5 Å². The molecule has 0 bridgehead atoms. The van der Waals surface area contributed by atoms with Crippen LogP contribution in [-0.4, -0.2) is 43.9 Å². The number of rotatable bonds is 4. The van der Waals surface area contributed by atoms with Crippen molar-refractivity contribution in [2.45, 2.75) is 12.5 Å². The van der Waals surface area contributed by atoms with Gasteiger partial charge in [-0.2, -0.15) is 0 Å². The first-order valence-electron chi connectivity index (χ1n) is 7.80. The van der Waals surface area contributed by atoms with Gasteiger partial charge in [-0.05, 0) is 36.8 Å². The Hall–Kier alpha value is -2.12. The number of amides is 1. The highest BCUT2D eigenvalue weighted by molar-refractivity contribution is 7.91. The molecule has 1 atom stereocenters. The third-order valence-electron chi connectivity index (χ3n) is 4.21. The lowest BCUT2D eigenvalue weighted by atomic mass is 10.2. The van der Waals surface area contributed by atoms with Crippen LogP contribution in [-0.2, 0) is 9.84 Å². The fraction of sp³-hybridized carbons (Fsp3) is 0.294. The molecule has 1 N–H and O–H groups in total. The van der Waals surface area contributed by atoms with Crippen LogP contribution in [0.15, 0.2) is 42.6 Å². The summed E-state index contributed by atoms with van der Waals surface area (Å²) >= 11 is 5.89. The predicted octanol–water partition coefficient (Wildman–Crippen LogP) is 2.61. The molecule has 132 valence electrons. The summed E-state index contributed by atoms with van der Waals surface area (Å²) in [6, 6.07) is 10.1. The van der Waals surface area contributed by atoms with Gasteiger partial charge in [0.2, 0.25) is 0 Å². The van der Waals surface area contributed by atoms with Gasteiger partial charge in [-0.15, -0.1) is 0 Å². The Morgan fingerprint density at radius 1 is 1.32 bits per heavy atom. The van der Waals surface area contributed by atoms with Crippen LogP contribution < -0.4 is 10.2 Å². The molecule has 6 nitrogen and oxygen atoms in total. The van der Waals surface area contributed by atoms with Crippen LogP contribution in [0.3, 0.4) is 0 Å². The topological polar surface area (TPSA) is 79.4 Å². The first-order chi connectivity index (χ1) is 11.8. The van der Waals surface area contributed by atoms with Crippen molar-refractivity contribution in [3.05, 3.63) is 53.2 Å². The number of benzene rings is 1. The molecular weight excluding hydrogens is 362 g/mol. The van der Waals surface area contributed by atoms with Gasteiger partial charge in [0, 0.05) is 23.7 Å². The Morgan fingerprint density at radius 2 is 2.12 bits per heavy atom. The molecule has 8 heteroatoms. The van der Waals surface area contributed by atoms with E-state index in [4.69, 9.17) is 11.6 Å². The summed E-state index contributed by atoms with van der Waals surface area (Å²) in [6.07, 6.45) is 2.16. The largest absolute Gasteiger partial charge is 0.356 e. The number of pyridine rings is 1. The number of aromatic nitrogens is 1. The molecule has 25 heavy (non-hydrogen) atoms. The van der Waals surface area contributed by atoms with E-state index in [-0.39, 0.29) is 23.5 Å². The van der Waals surface area contributed by atoms with Crippen molar-refractivity contribution >= 4 is 38.9 Å². The Balaban J connectivity index is 1.67. The molecular formula is C17H18ClN3O3S. The molecule has 0 aliphatic carbocycles. The third kappa shape index (κ3) is 4.29. The lowest BCUT2D eigenvalue weighted by molar-refractivity contribution is 0.102. The maximum atomic E-state index is 12.2. The average molecular weight is 380 g/mol. The highest BCUT2D eigenvalue weighted by Crippen LogP contribution is 2.22. The minimum Gasteiger partial charge on any atom is -0.356 e. The van der Waals surface area contributed by atoms with Gasteiger partial charge in [-0.3, -0.25) is 4.79 Å². The van der Waals surface area contributed by atoms with Crippen LogP contribution in [0.2, 0.25) is 5.02 Å². The summed E-state index contributed by atoms with van der Waals surface area (Å²) in [5.74, 6) is 0.768. The number of hydrogen-bond acceptors (Lipinski definition) is 5. The van der Waals surface area contributed by atoms with Crippen LogP contribution in [0.25, 0.3) is 0 Å². The second-order valence-electron chi connectivity index (χ2n) is 6.04. The van der Waals surface area contributed by atoms with Crippen molar-refractivity contribution in [3.63, 3.8) is 0 Å². The molecule has 1 aromatic heterocycles. The van der Waals surface area contributed by atoms with E-state index in [1.54, 1.807) is 42.6 Å². The molecule has 0 radical (unpaired) electrons. The zero-order valence-corrected chi connectivity index (χ0v) is 15.2. The molecule has 1 amide bonds. The van der Waals surface area contributed by atoms with Crippen LogP contribution in [0.1, 0.15) is 16.8 Å². The number of nitrogens with zero attached hydrogens (tertiary/aromatic N) is 2. The second-order valence-corrected chi connectivity index (χ2v) is 8.70. The monoisotopic (exact) mass is 379 g/mol. The predicted molar refractivity (Wildman–Crippen MR) is 99.1 cm³/mol. The smallest absolute Gasteiger partial charge is 0.255 e. The van der Waals surface area contributed by atoms with Crippen molar-refractivity contribution < 1.29 is 13.2 Å². The molecule has 3 rings (SSSR count). The highest BCUT2D eigenvalue weighted by Gasteiger charge is 2.31. The van der Waals surface area contributed by atoms with E-state index in [1.165, 1.54) is 0 Å². The molecule has 1 saturated heterocycles. The van der Waals surface area contributed by atoms with Crippen molar-refractivity contribution in [1.82, 2.24) is 4.98 Å². The zero-order valence-electron chi connectivity index (χ0n) is 13.6.